The van der Waals surface area contributed by atoms with Gasteiger partial charge in [-0.2, -0.15) is 0 Å². The van der Waals surface area contributed by atoms with Gasteiger partial charge in [-0.1, -0.05) is 13.3 Å². The van der Waals surface area contributed by atoms with Crippen LogP contribution in [0.5, 0.6) is 0 Å². The highest BCUT2D eigenvalue weighted by Crippen LogP contribution is 2.26. The van der Waals surface area contributed by atoms with Gasteiger partial charge in [0.05, 0.1) is 5.69 Å². The average Bonchev–Trinajstić information content (AvgIpc) is 2.47. The van der Waals surface area contributed by atoms with E-state index in [9.17, 15) is 0 Å². The molecule has 4 nitrogen and oxygen atoms in total. The molecule has 0 aliphatic carbocycles. The van der Waals surface area contributed by atoms with Crippen LogP contribution in [-0.2, 0) is 6.54 Å². The highest BCUT2D eigenvalue weighted by atomic mass is 15.3. The lowest BCUT2D eigenvalue weighted by Crippen LogP contribution is -2.59. The molecule has 2 aliphatic rings. The number of piperidine rings is 1. The molecule has 2 atom stereocenters. The molecule has 1 aromatic rings. The maximum atomic E-state index is 4.38. The van der Waals surface area contributed by atoms with E-state index in [2.05, 4.69) is 26.7 Å². The molecule has 0 spiro atoms. The Bertz CT molecular complexity index is 394. The van der Waals surface area contributed by atoms with Crippen LogP contribution in [0, 0.1) is 0 Å². The molecule has 2 saturated heterocycles. The molecule has 3 heterocycles. The number of nitrogens with zero attached hydrogens (tertiary/aromatic N) is 4. The summed E-state index contributed by atoms with van der Waals surface area (Å²) < 4.78 is 0. The van der Waals surface area contributed by atoms with Gasteiger partial charge in [0.1, 0.15) is 6.33 Å². The number of rotatable bonds is 3. The van der Waals surface area contributed by atoms with Crippen LogP contribution in [0.15, 0.2) is 18.6 Å². The Kier molecular flexibility index (Phi) is 4.09. The van der Waals surface area contributed by atoms with Gasteiger partial charge in [-0.25, -0.2) is 9.97 Å². The van der Waals surface area contributed by atoms with Gasteiger partial charge in [0.25, 0.3) is 0 Å². The van der Waals surface area contributed by atoms with Crippen molar-refractivity contribution in [3.63, 3.8) is 0 Å². The SMILES string of the molecule is CCC1CN2CCCCC2CN1Cc1ccncn1. The molecule has 3 rings (SSSR count). The normalized spacial score (nSPS) is 29.1. The summed E-state index contributed by atoms with van der Waals surface area (Å²) in [5, 5.41) is 0. The van der Waals surface area contributed by atoms with E-state index in [1.165, 1.54) is 45.3 Å². The number of piperazine rings is 1. The Morgan fingerprint density at radius 3 is 3.05 bits per heavy atom. The maximum Gasteiger partial charge on any atom is 0.115 e. The highest BCUT2D eigenvalue weighted by Gasteiger charge is 2.34. The molecular formula is C15H24N4. The van der Waals surface area contributed by atoms with Gasteiger partial charge in [0.15, 0.2) is 0 Å². The van der Waals surface area contributed by atoms with Crippen molar-refractivity contribution >= 4 is 0 Å². The minimum absolute atomic E-state index is 0.685. The second-order valence-electron chi connectivity index (χ2n) is 5.84. The minimum atomic E-state index is 0.685. The van der Waals surface area contributed by atoms with Crippen LogP contribution in [0.3, 0.4) is 0 Å². The number of hydrogen-bond donors (Lipinski definition) is 0. The van der Waals surface area contributed by atoms with Crippen LogP contribution in [0.4, 0.5) is 0 Å². The zero-order valence-corrected chi connectivity index (χ0v) is 11.8. The Morgan fingerprint density at radius 2 is 2.26 bits per heavy atom. The molecule has 0 bridgehead atoms. The van der Waals surface area contributed by atoms with Crippen LogP contribution in [-0.4, -0.2) is 51.5 Å². The third-order valence-corrected chi connectivity index (χ3v) is 4.64. The molecule has 104 valence electrons. The van der Waals surface area contributed by atoms with E-state index in [0.717, 1.165) is 18.3 Å². The number of fused-ring (bicyclic) bond motifs is 1. The molecule has 19 heavy (non-hydrogen) atoms. The fourth-order valence-corrected chi connectivity index (χ4v) is 3.51. The smallest absolute Gasteiger partial charge is 0.115 e. The van der Waals surface area contributed by atoms with Gasteiger partial charge in [0, 0.05) is 37.9 Å². The molecule has 2 fully saturated rings. The molecule has 2 aliphatic heterocycles. The third kappa shape index (κ3) is 2.95. The molecule has 4 heteroatoms. The van der Waals surface area contributed by atoms with E-state index >= 15 is 0 Å². The van der Waals surface area contributed by atoms with Crippen molar-refractivity contribution in [2.24, 2.45) is 0 Å². The highest BCUT2D eigenvalue weighted by molar-refractivity contribution is 5.00. The van der Waals surface area contributed by atoms with Crippen LogP contribution < -0.4 is 0 Å². The minimum Gasteiger partial charge on any atom is -0.298 e. The monoisotopic (exact) mass is 260 g/mol. The van der Waals surface area contributed by atoms with E-state index in [0.29, 0.717) is 6.04 Å². The van der Waals surface area contributed by atoms with Crippen molar-refractivity contribution < 1.29 is 0 Å². The average molecular weight is 260 g/mol. The Balaban J connectivity index is 1.68. The largest absolute Gasteiger partial charge is 0.298 e. The van der Waals surface area contributed by atoms with Crippen molar-refractivity contribution in [2.75, 3.05) is 19.6 Å². The quantitative estimate of drug-likeness (QED) is 0.831. The summed E-state index contributed by atoms with van der Waals surface area (Å²) in [6.07, 6.45) is 8.90. The molecule has 2 unspecified atom stereocenters. The molecule has 0 radical (unpaired) electrons. The standard InChI is InChI=1S/C15H24N4/c1-2-14-10-18-8-4-3-5-15(18)11-19(14)9-13-6-7-16-12-17-13/h6-7,12,14-15H,2-5,8-11H2,1H3. The van der Waals surface area contributed by atoms with Crippen molar-refractivity contribution in [1.29, 1.82) is 0 Å². The predicted molar refractivity (Wildman–Crippen MR) is 75.7 cm³/mol. The lowest BCUT2D eigenvalue weighted by Gasteiger charge is -2.48. The third-order valence-electron chi connectivity index (χ3n) is 4.64. The zero-order valence-electron chi connectivity index (χ0n) is 11.8. The topological polar surface area (TPSA) is 32.3 Å². The second-order valence-corrected chi connectivity index (χ2v) is 5.84. The molecule has 0 amide bonds. The number of hydrogen-bond acceptors (Lipinski definition) is 4. The zero-order chi connectivity index (χ0) is 13.1. The summed E-state index contributed by atoms with van der Waals surface area (Å²) in [5.41, 5.74) is 1.15. The molecular weight excluding hydrogens is 236 g/mol. The maximum absolute atomic E-state index is 4.38. The summed E-state index contributed by atoms with van der Waals surface area (Å²) >= 11 is 0. The lowest BCUT2D eigenvalue weighted by atomic mass is 9.95. The Hall–Kier alpha value is -1.00. The van der Waals surface area contributed by atoms with Gasteiger partial charge in [-0.3, -0.25) is 9.80 Å². The van der Waals surface area contributed by atoms with Crippen LogP contribution in [0.2, 0.25) is 0 Å². The van der Waals surface area contributed by atoms with E-state index in [-0.39, 0.29) is 0 Å². The fourth-order valence-electron chi connectivity index (χ4n) is 3.51. The Labute approximate surface area is 115 Å². The van der Waals surface area contributed by atoms with Crippen LogP contribution in [0.1, 0.15) is 38.3 Å². The van der Waals surface area contributed by atoms with E-state index in [1.54, 1.807) is 6.33 Å². The van der Waals surface area contributed by atoms with Gasteiger partial charge >= 0.3 is 0 Å². The first-order chi connectivity index (χ1) is 9.36. The molecule has 0 N–H and O–H groups in total. The van der Waals surface area contributed by atoms with E-state index in [1.807, 2.05) is 12.3 Å². The summed E-state index contributed by atoms with van der Waals surface area (Å²) in [4.78, 5) is 13.7. The van der Waals surface area contributed by atoms with Crippen LogP contribution >= 0.6 is 0 Å². The van der Waals surface area contributed by atoms with Gasteiger partial charge in [-0.15, -0.1) is 0 Å². The first kappa shape index (κ1) is 13.0. The summed E-state index contributed by atoms with van der Waals surface area (Å²) in [6.45, 7) is 7.05. The molecule has 0 aromatic carbocycles. The van der Waals surface area contributed by atoms with E-state index < -0.39 is 0 Å². The van der Waals surface area contributed by atoms with Crippen LogP contribution in [0.25, 0.3) is 0 Å². The van der Waals surface area contributed by atoms with Crippen molar-refractivity contribution in [3.8, 4) is 0 Å². The lowest BCUT2D eigenvalue weighted by molar-refractivity contribution is 0.00267. The second kappa shape index (κ2) is 5.97. The predicted octanol–water partition coefficient (Wildman–Crippen LogP) is 1.93. The Morgan fingerprint density at radius 1 is 1.32 bits per heavy atom. The van der Waals surface area contributed by atoms with Gasteiger partial charge in [0.2, 0.25) is 0 Å². The first-order valence-corrected chi connectivity index (χ1v) is 7.60. The summed E-state index contributed by atoms with van der Waals surface area (Å²) in [5.74, 6) is 0. The molecule has 0 saturated carbocycles. The van der Waals surface area contributed by atoms with Crippen molar-refractivity contribution in [3.05, 3.63) is 24.3 Å². The van der Waals surface area contributed by atoms with E-state index in [4.69, 9.17) is 0 Å². The van der Waals surface area contributed by atoms with Gasteiger partial charge in [-0.05, 0) is 31.9 Å². The number of aromatic nitrogens is 2. The van der Waals surface area contributed by atoms with Crippen molar-refractivity contribution in [1.82, 2.24) is 19.8 Å². The summed E-state index contributed by atoms with van der Waals surface area (Å²) in [7, 11) is 0. The fraction of sp³-hybridized carbons (Fsp3) is 0.733. The summed E-state index contributed by atoms with van der Waals surface area (Å²) in [6, 6.07) is 3.50. The van der Waals surface area contributed by atoms with Gasteiger partial charge < -0.3 is 0 Å². The van der Waals surface area contributed by atoms with Crippen molar-refractivity contribution in [2.45, 2.75) is 51.2 Å². The molecule has 1 aromatic heterocycles. The first-order valence-electron chi connectivity index (χ1n) is 7.60.